The normalized spacial score (nSPS) is 23.7. The third-order valence-electron chi connectivity index (χ3n) is 3.47. The smallest absolute Gasteiger partial charge is 0.244 e. The number of aryl methyl sites for hydroxylation is 1. The highest BCUT2D eigenvalue weighted by atomic mass is 35.5. The molecule has 1 fully saturated rings. The monoisotopic (exact) mass is 267 g/mol. The molecule has 1 atom stereocenters. The van der Waals surface area contributed by atoms with Crippen LogP contribution in [0.3, 0.4) is 0 Å². The van der Waals surface area contributed by atoms with E-state index >= 15 is 0 Å². The van der Waals surface area contributed by atoms with Crippen LogP contribution in [0.5, 0.6) is 0 Å². The van der Waals surface area contributed by atoms with Crippen LogP contribution in [0.1, 0.15) is 31.7 Å². The SMILES string of the molecule is Cc1ccnc(Cl)c1NC(=O)C1(C)CCCCN1. The second kappa shape index (κ2) is 5.24. The number of rotatable bonds is 2. The number of nitrogens with one attached hydrogen (secondary N) is 2. The van der Waals surface area contributed by atoms with Gasteiger partial charge in [-0.15, -0.1) is 0 Å². The maximum Gasteiger partial charge on any atom is 0.244 e. The van der Waals surface area contributed by atoms with Gasteiger partial charge in [-0.05, 0) is 51.3 Å². The van der Waals surface area contributed by atoms with Crippen LogP contribution in [0, 0.1) is 6.92 Å². The average molecular weight is 268 g/mol. The van der Waals surface area contributed by atoms with E-state index in [0.29, 0.717) is 10.8 Å². The first kappa shape index (κ1) is 13.3. The summed E-state index contributed by atoms with van der Waals surface area (Å²) in [4.78, 5) is 16.3. The van der Waals surface area contributed by atoms with E-state index in [1.54, 1.807) is 6.20 Å². The van der Waals surface area contributed by atoms with Crippen molar-refractivity contribution in [2.45, 2.75) is 38.6 Å². The zero-order valence-corrected chi connectivity index (χ0v) is 11.5. The zero-order chi connectivity index (χ0) is 13.2. The van der Waals surface area contributed by atoms with E-state index in [1.165, 1.54) is 0 Å². The maximum atomic E-state index is 12.3. The first-order valence-corrected chi connectivity index (χ1v) is 6.58. The number of anilines is 1. The van der Waals surface area contributed by atoms with Gasteiger partial charge in [-0.3, -0.25) is 4.79 Å². The van der Waals surface area contributed by atoms with Gasteiger partial charge in [-0.25, -0.2) is 4.98 Å². The number of carbonyl (C=O) groups excluding carboxylic acids is 1. The summed E-state index contributed by atoms with van der Waals surface area (Å²) in [6.07, 6.45) is 4.66. The Morgan fingerprint density at radius 3 is 2.94 bits per heavy atom. The van der Waals surface area contributed by atoms with Crippen LogP contribution >= 0.6 is 11.6 Å². The number of hydrogen-bond donors (Lipinski definition) is 2. The standard InChI is InChI=1S/C13H18ClN3O/c1-9-5-8-15-11(14)10(9)17-12(18)13(2)6-3-4-7-16-13/h5,8,16H,3-4,6-7H2,1-2H3,(H,17,18). The Balaban J connectivity index is 2.16. The number of aromatic nitrogens is 1. The van der Waals surface area contributed by atoms with E-state index in [9.17, 15) is 4.79 Å². The van der Waals surface area contributed by atoms with Gasteiger partial charge in [-0.1, -0.05) is 11.6 Å². The van der Waals surface area contributed by atoms with E-state index in [0.717, 1.165) is 31.4 Å². The second-order valence-corrected chi connectivity index (χ2v) is 5.32. The third kappa shape index (κ3) is 2.65. The molecule has 0 spiro atoms. The van der Waals surface area contributed by atoms with Crippen molar-refractivity contribution in [1.29, 1.82) is 0 Å². The molecule has 1 unspecified atom stereocenters. The van der Waals surface area contributed by atoms with Crippen LogP contribution < -0.4 is 10.6 Å². The molecule has 1 aliphatic rings. The molecule has 1 saturated heterocycles. The van der Waals surface area contributed by atoms with Crippen molar-refractivity contribution in [3.8, 4) is 0 Å². The topological polar surface area (TPSA) is 54.0 Å². The van der Waals surface area contributed by atoms with Gasteiger partial charge in [0.1, 0.15) is 0 Å². The van der Waals surface area contributed by atoms with Crippen LogP contribution in [0.15, 0.2) is 12.3 Å². The highest BCUT2D eigenvalue weighted by Gasteiger charge is 2.34. The molecule has 2 heterocycles. The van der Waals surface area contributed by atoms with Crippen LogP contribution in [0.4, 0.5) is 5.69 Å². The molecule has 0 saturated carbocycles. The number of pyridine rings is 1. The summed E-state index contributed by atoms with van der Waals surface area (Å²) in [5.41, 5.74) is 1.02. The minimum Gasteiger partial charge on any atom is -0.322 e. The molecule has 0 bridgehead atoms. The predicted molar refractivity (Wildman–Crippen MR) is 72.9 cm³/mol. The van der Waals surface area contributed by atoms with Crippen LogP contribution in [0.2, 0.25) is 5.15 Å². The molecular weight excluding hydrogens is 250 g/mol. The van der Waals surface area contributed by atoms with Gasteiger partial charge >= 0.3 is 0 Å². The molecule has 18 heavy (non-hydrogen) atoms. The lowest BCUT2D eigenvalue weighted by atomic mass is 9.90. The summed E-state index contributed by atoms with van der Waals surface area (Å²) in [7, 11) is 0. The summed E-state index contributed by atoms with van der Waals surface area (Å²) in [6.45, 7) is 4.71. The van der Waals surface area contributed by atoms with E-state index < -0.39 is 5.54 Å². The van der Waals surface area contributed by atoms with Crippen molar-refractivity contribution in [2.75, 3.05) is 11.9 Å². The Morgan fingerprint density at radius 2 is 2.33 bits per heavy atom. The Bertz CT molecular complexity index is 435. The van der Waals surface area contributed by atoms with Crippen molar-refractivity contribution in [3.63, 3.8) is 0 Å². The molecular formula is C13H18ClN3O. The molecule has 1 aromatic heterocycles. The van der Waals surface area contributed by atoms with Crippen LogP contribution in [-0.2, 0) is 4.79 Å². The van der Waals surface area contributed by atoms with Gasteiger partial charge in [0.25, 0.3) is 0 Å². The average Bonchev–Trinajstić information content (AvgIpc) is 2.34. The first-order chi connectivity index (χ1) is 8.53. The van der Waals surface area contributed by atoms with E-state index in [2.05, 4.69) is 15.6 Å². The predicted octanol–water partition coefficient (Wildman–Crippen LogP) is 2.51. The third-order valence-corrected chi connectivity index (χ3v) is 3.76. The lowest BCUT2D eigenvalue weighted by molar-refractivity contribution is -0.122. The molecule has 0 radical (unpaired) electrons. The van der Waals surface area contributed by atoms with Crippen molar-refractivity contribution < 1.29 is 4.79 Å². The number of piperidine rings is 1. The fourth-order valence-corrected chi connectivity index (χ4v) is 2.43. The highest BCUT2D eigenvalue weighted by molar-refractivity contribution is 6.32. The molecule has 2 N–H and O–H groups in total. The zero-order valence-electron chi connectivity index (χ0n) is 10.7. The number of halogens is 1. The Morgan fingerprint density at radius 1 is 1.56 bits per heavy atom. The fraction of sp³-hybridized carbons (Fsp3) is 0.538. The van der Waals surface area contributed by atoms with Crippen LogP contribution in [0.25, 0.3) is 0 Å². The van der Waals surface area contributed by atoms with E-state index in [-0.39, 0.29) is 5.91 Å². The Labute approximate surface area is 112 Å². The lowest BCUT2D eigenvalue weighted by Crippen LogP contribution is -2.54. The van der Waals surface area contributed by atoms with Gasteiger partial charge in [0, 0.05) is 6.20 Å². The number of hydrogen-bond acceptors (Lipinski definition) is 3. The summed E-state index contributed by atoms with van der Waals surface area (Å²) >= 11 is 6.01. The number of carbonyl (C=O) groups is 1. The Kier molecular flexibility index (Phi) is 3.88. The molecule has 98 valence electrons. The summed E-state index contributed by atoms with van der Waals surface area (Å²) in [5, 5.41) is 6.51. The molecule has 1 aliphatic heterocycles. The van der Waals surface area contributed by atoms with Gasteiger partial charge < -0.3 is 10.6 Å². The fourth-order valence-electron chi connectivity index (χ4n) is 2.18. The van der Waals surface area contributed by atoms with E-state index in [4.69, 9.17) is 11.6 Å². The highest BCUT2D eigenvalue weighted by Crippen LogP contribution is 2.26. The van der Waals surface area contributed by atoms with Crippen molar-refractivity contribution in [3.05, 3.63) is 23.0 Å². The molecule has 2 rings (SSSR count). The number of amides is 1. The summed E-state index contributed by atoms with van der Waals surface area (Å²) in [6, 6.07) is 1.83. The first-order valence-electron chi connectivity index (χ1n) is 6.20. The molecule has 0 aliphatic carbocycles. The van der Waals surface area contributed by atoms with Crippen molar-refractivity contribution in [1.82, 2.24) is 10.3 Å². The van der Waals surface area contributed by atoms with Gasteiger partial charge in [0.15, 0.2) is 5.15 Å². The quantitative estimate of drug-likeness (QED) is 0.810. The van der Waals surface area contributed by atoms with Crippen molar-refractivity contribution >= 4 is 23.2 Å². The van der Waals surface area contributed by atoms with Gasteiger partial charge in [0.05, 0.1) is 11.2 Å². The Hall–Kier alpha value is -1.13. The second-order valence-electron chi connectivity index (χ2n) is 4.96. The minimum absolute atomic E-state index is 0.0415. The van der Waals surface area contributed by atoms with E-state index in [1.807, 2.05) is 19.9 Å². The van der Waals surface area contributed by atoms with Gasteiger partial charge in [0.2, 0.25) is 5.91 Å². The van der Waals surface area contributed by atoms with Gasteiger partial charge in [-0.2, -0.15) is 0 Å². The minimum atomic E-state index is -0.510. The molecule has 1 aromatic rings. The molecule has 1 amide bonds. The van der Waals surface area contributed by atoms with Crippen molar-refractivity contribution in [2.24, 2.45) is 0 Å². The summed E-state index contributed by atoms with van der Waals surface area (Å²) in [5.74, 6) is -0.0415. The molecule has 5 heteroatoms. The molecule has 0 aromatic carbocycles. The summed E-state index contributed by atoms with van der Waals surface area (Å²) < 4.78 is 0. The maximum absolute atomic E-state index is 12.3. The lowest BCUT2D eigenvalue weighted by Gasteiger charge is -2.33. The number of nitrogens with zero attached hydrogens (tertiary/aromatic N) is 1. The molecule has 4 nitrogen and oxygen atoms in total. The largest absolute Gasteiger partial charge is 0.322 e. The van der Waals surface area contributed by atoms with Crippen LogP contribution in [-0.4, -0.2) is 23.0 Å².